The molecule has 6 aliphatic heterocycles. The highest BCUT2D eigenvalue weighted by atomic mass is 15.7. The minimum Gasteiger partial charge on any atom is -0.192 e. The molecule has 0 aliphatic carbocycles. The SMILES string of the molecule is c1ccc(-c2cccc3c2C2=Nc4c5cccc(-c6ccccc6)c5c5n4C46n7c(c8cccc(-c9ccccc9)c8c7=NC3=[N+]24)=NC2=[N+]6C(=N5)c3cccc(-c4ccccc4)c32)cc1. The second kappa shape index (κ2) is 11.8. The van der Waals surface area contributed by atoms with E-state index in [0.717, 1.165) is 134 Å². The third-order valence-electron chi connectivity index (χ3n) is 14.2. The van der Waals surface area contributed by atoms with Crippen LogP contribution in [0.3, 0.4) is 0 Å². The van der Waals surface area contributed by atoms with E-state index in [2.05, 4.69) is 212 Å². The van der Waals surface area contributed by atoms with Gasteiger partial charge in [0.05, 0.1) is 33.0 Å². The molecule has 8 heteroatoms. The van der Waals surface area contributed by atoms with Gasteiger partial charge in [-0.25, -0.2) is 0 Å². The predicted octanol–water partition coefficient (Wildman–Crippen LogP) is 10.4. The van der Waals surface area contributed by atoms with Crippen molar-refractivity contribution in [3.8, 4) is 44.5 Å². The molecule has 8 aromatic carbocycles. The van der Waals surface area contributed by atoms with Gasteiger partial charge in [0, 0.05) is 10.8 Å². The molecule has 0 saturated heterocycles. The second-order valence-electron chi connectivity index (χ2n) is 17.4. The Morgan fingerprint density at radius 3 is 1.45 bits per heavy atom. The third-order valence-corrected chi connectivity index (χ3v) is 14.2. The molecule has 0 N–H and O–H groups in total. The lowest BCUT2D eigenvalue weighted by Crippen LogP contribution is -2.71. The highest BCUT2D eigenvalue weighted by Gasteiger charge is 2.70. The van der Waals surface area contributed by atoms with Crippen LogP contribution < -0.4 is 11.0 Å². The van der Waals surface area contributed by atoms with E-state index in [9.17, 15) is 0 Å². The van der Waals surface area contributed by atoms with Gasteiger partial charge in [-0.15, -0.1) is 9.15 Å². The van der Waals surface area contributed by atoms with Crippen LogP contribution in [0.5, 0.6) is 0 Å². The van der Waals surface area contributed by atoms with Crippen LogP contribution in [0.1, 0.15) is 22.3 Å². The Balaban J connectivity index is 1.17. The fraction of sp³-hybridized carbons (Fsp3) is 0.0175. The van der Waals surface area contributed by atoms with Crippen molar-refractivity contribution in [1.29, 1.82) is 0 Å². The number of amidine groups is 4. The summed E-state index contributed by atoms with van der Waals surface area (Å²) >= 11 is 0. The van der Waals surface area contributed by atoms with E-state index in [1.54, 1.807) is 0 Å². The van der Waals surface area contributed by atoms with Gasteiger partial charge in [-0.05, 0) is 68.8 Å². The normalized spacial score (nSPS) is 17.3. The summed E-state index contributed by atoms with van der Waals surface area (Å²) in [6.45, 7) is 0. The van der Waals surface area contributed by atoms with Crippen molar-refractivity contribution in [2.45, 2.75) is 5.91 Å². The van der Waals surface area contributed by atoms with Crippen molar-refractivity contribution < 1.29 is 9.15 Å². The maximum absolute atomic E-state index is 5.87. The topological polar surface area (TPSA) is 65.3 Å². The first-order chi connectivity index (χ1) is 32.3. The fourth-order valence-corrected chi connectivity index (χ4v) is 11.7. The zero-order valence-corrected chi connectivity index (χ0v) is 34.6. The molecule has 0 bridgehead atoms. The summed E-state index contributed by atoms with van der Waals surface area (Å²) in [5.41, 5.74) is 14.8. The minimum atomic E-state index is -1.17. The zero-order valence-electron chi connectivity index (χ0n) is 34.6. The van der Waals surface area contributed by atoms with Gasteiger partial charge in [0.1, 0.15) is 0 Å². The molecule has 2 aromatic heterocycles. The lowest BCUT2D eigenvalue weighted by atomic mass is 9.95. The van der Waals surface area contributed by atoms with Crippen LogP contribution in [0, 0.1) is 0 Å². The Hall–Kier alpha value is -8.88. The molecule has 0 fully saturated rings. The fourth-order valence-electron chi connectivity index (χ4n) is 11.7. The summed E-state index contributed by atoms with van der Waals surface area (Å²) in [7, 11) is 0. The molecule has 0 saturated carbocycles. The third kappa shape index (κ3) is 3.92. The van der Waals surface area contributed by atoms with Gasteiger partial charge in [0.15, 0.2) is 0 Å². The van der Waals surface area contributed by atoms with E-state index in [1.165, 1.54) is 0 Å². The number of hydrogen-bond donors (Lipinski definition) is 0. The van der Waals surface area contributed by atoms with Crippen LogP contribution in [-0.4, -0.2) is 41.6 Å². The molecule has 8 heterocycles. The number of fused-ring (bicyclic) bond motifs is 12. The Morgan fingerprint density at radius 2 is 0.800 bits per heavy atom. The van der Waals surface area contributed by atoms with Crippen molar-refractivity contribution in [2.24, 2.45) is 20.0 Å². The van der Waals surface area contributed by atoms with Gasteiger partial charge in [-0.2, -0.15) is 9.13 Å². The van der Waals surface area contributed by atoms with Crippen molar-refractivity contribution >= 4 is 56.5 Å². The van der Waals surface area contributed by atoms with Crippen LogP contribution in [-0.2, 0) is 5.91 Å². The molecular weight excluding hydrogens is 797 g/mol. The Kier molecular flexibility index (Phi) is 6.10. The van der Waals surface area contributed by atoms with Crippen LogP contribution in [0.15, 0.2) is 214 Å². The molecule has 8 nitrogen and oxygen atoms in total. The van der Waals surface area contributed by atoms with E-state index in [4.69, 9.17) is 20.0 Å². The van der Waals surface area contributed by atoms with E-state index in [0.29, 0.717) is 0 Å². The van der Waals surface area contributed by atoms with Gasteiger partial charge in [0.25, 0.3) is 23.3 Å². The molecule has 1 unspecified atom stereocenters. The second-order valence-corrected chi connectivity index (χ2v) is 17.4. The molecule has 16 rings (SSSR count). The number of aliphatic imine (C=N–C) groups is 2. The molecule has 6 aliphatic rings. The first-order valence-electron chi connectivity index (χ1n) is 22.1. The van der Waals surface area contributed by atoms with Crippen molar-refractivity contribution in [3.05, 3.63) is 227 Å². The maximum Gasteiger partial charge on any atom is 0.404 e. The summed E-state index contributed by atoms with van der Waals surface area (Å²) in [6.07, 6.45) is 0. The van der Waals surface area contributed by atoms with Crippen molar-refractivity contribution in [2.75, 3.05) is 0 Å². The highest BCUT2D eigenvalue weighted by molar-refractivity contribution is 6.24. The molecule has 0 amide bonds. The maximum atomic E-state index is 5.87. The largest absolute Gasteiger partial charge is 0.404 e. The van der Waals surface area contributed by atoms with Gasteiger partial charge in [0.2, 0.25) is 22.6 Å². The zero-order chi connectivity index (χ0) is 42.1. The Bertz CT molecular complexity index is 4140. The van der Waals surface area contributed by atoms with Crippen LogP contribution in [0.4, 0.5) is 11.6 Å². The van der Waals surface area contributed by atoms with E-state index < -0.39 is 5.91 Å². The number of nitrogens with zero attached hydrogens (tertiary/aromatic N) is 8. The summed E-state index contributed by atoms with van der Waals surface area (Å²) in [5.74, 6) is 3.91. The molecule has 0 radical (unpaired) electrons. The first-order valence-corrected chi connectivity index (χ1v) is 22.1. The Morgan fingerprint density at radius 1 is 0.323 bits per heavy atom. The highest BCUT2D eigenvalue weighted by Crippen LogP contribution is 2.55. The van der Waals surface area contributed by atoms with Crippen LogP contribution in [0.25, 0.3) is 66.1 Å². The lowest BCUT2D eigenvalue weighted by Gasteiger charge is -2.40. The number of benzene rings is 8. The number of aromatic nitrogens is 2. The van der Waals surface area contributed by atoms with E-state index >= 15 is 0 Å². The molecular formula is C57H32N8+2. The monoisotopic (exact) mass is 828 g/mol. The Labute approximate surface area is 371 Å². The van der Waals surface area contributed by atoms with E-state index in [-0.39, 0.29) is 0 Å². The molecule has 1 spiro atoms. The van der Waals surface area contributed by atoms with Crippen molar-refractivity contribution in [1.82, 2.24) is 9.13 Å². The van der Waals surface area contributed by atoms with Gasteiger partial charge in [-0.3, -0.25) is 0 Å². The summed E-state index contributed by atoms with van der Waals surface area (Å²) in [4.78, 5) is 23.5. The van der Waals surface area contributed by atoms with Gasteiger partial charge >= 0.3 is 5.91 Å². The number of rotatable bonds is 4. The van der Waals surface area contributed by atoms with Gasteiger partial charge < -0.3 is 0 Å². The number of hydrogen-bond acceptors (Lipinski definition) is 4. The lowest BCUT2D eigenvalue weighted by molar-refractivity contribution is -0.790. The quantitative estimate of drug-likeness (QED) is 0.159. The summed E-state index contributed by atoms with van der Waals surface area (Å²) in [6, 6.07) is 69.2. The standard InChI is InChI=1S/C57H32N8/c1-5-17-33(18-6-1)37-25-13-29-41-45(37)53-58-50-42-30-14-26-38(34-19-7-2-8-20-34)46(42)55-60-52-44-32-16-28-40(36-23-11-4-12-24-36)48(44)56-61-51-43-31-15-27-39(35-21-9-3-10-22-35)47(43)54-59-49(41)62(53)57(63(50)55,64(51)54)65(52)56/h1-32H/q+2. The van der Waals surface area contributed by atoms with Crippen molar-refractivity contribution in [3.63, 3.8) is 0 Å². The molecule has 10 aromatic rings. The average Bonchev–Trinajstić information content (AvgIpc) is 4.10. The molecule has 1 atom stereocenters. The van der Waals surface area contributed by atoms with Crippen LogP contribution in [0.2, 0.25) is 0 Å². The summed E-state index contributed by atoms with van der Waals surface area (Å²) < 4.78 is 9.65. The first kappa shape index (κ1) is 33.7. The smallest absolute Gasteiger partial charge is 0.192 e. The minimum absolute atomic E-state index is 0.845. The van der Waals surface area contributed by atoms with E-state index in [1.807, 2.05) is 0 Å². The summed E-state index contributed by atoms with van der Waals surface area (Å²) in [5, 5.41) is 4.19. The van der Waals surface area contributed by atoms with Gasteiger partial charge in [-0.1, -0.05) is 190 Å². The van der Waals surface area contributed by atoms with Crippen LogP contribution >= 0.6 is 0 Å². The molecule has 298 valence electrons. The predicted molar refractivity (Wildman–Crippen MR) is 255 cm³/mol. The average molecular weight is 829 g/mol. The molecule has 65 heavy (non-hydrogen) atoms.